The Morgan fingerprint density at radius 1 is 1.40 bits per heavy atom. The molecule has 3 heteroatoms. The molecule has 2 rings (SSSR count). The molecule has 1 aromatic carbocycles. The normalized spacial score (nSPS) is 22.9. The highest BCUT2D eigenvalue weighted by atomic mass is 35.5. The average molecular weight is 225 g/mol. The molecule has 0 bridgehead atoms. The number of halogens is 1. The Balaban J connectivity index is 1.94. The van der Waals surface area contributed by atoms with Crippen LogP contribution in [-0.2, 0) is 0 Å². The third kappa shape index (κ3) is 2.94. The second kappa shape index (κ2) is 4.97. The Bertz CT molecular complexity index is 304. The van der Waals surface area contributed by atoms with Crippen molar-refractivity contribution in [3.8, 4) is 0 Å². The van der Waals surface area contributed by atoms with E-state index in [1.165, 1.54) is 12.0 Å². The van der Waals surface area contributed by atoms with Crippen LogP contribution in [0.4, 0.5) is 0 Å². The first kappa shape index (κ1) is 10.9. The Hall–Kier alpha value is -0.570. The lowest BCUT2D eigenvalue weighted by Gasteiger charge is -2.19. The molecule has 0 saturated carbocycles. The monoisotopic (exact) mass is 224 g/mol. The van der Waals surface area contributed by atoms with E-state index in [1.54, 1.807) is 0 Å². The van der Waals surface area contributed by atoms with Crippen molar-refractivity contribution in [3.05, 3.63) is 34.9 Å². The van der Waals surface area contributed by atoms with Gasteiger partial charge in [-0.25, -0.2) is 0 Å². The summed E-state index contributed by atoms with van der Waals surface area (Å²) >= 11 is 5.86. The molecule has 15 heavy (non-hydrogen) atoms. The first-order valence-electron chi connectivity index (χ1n) is 5.48. The molecule has 1 saturated heterocycles. The predicted octanol–water partition coefficient (Wildman–Crippen LogP) is 2.35. The van der Waals surface area contributed by atoms with Crippen molar-refractivity contribution in [1.29, 1.82) is 0 Å². The zero-order valence-electron chi connectivity index (χ0n) is 8.96. The van der Waals surface area contributed by atoms with Gasteiger partial charge in [-0.15, -0.1) is 0 Å². The zero-order chi connectivity index (χ0) is 10.7. The molecular weight excluding hydrogens is 208 g/mol. The van der Waals surface area contributed by atoms with Crippen LogP contribution in [0, 0.1) is 0 Å². The number of rotatable bonds is 3. The van der Waals surface area contributed by atoms with Gasteiger partial charge in [-0.1, -0.05) is 23.7 Å². The minimum absolute atomic E-state index is 0.396. The predicted molar refractivity (Wildman–Crippen MR) is 64.3 cm³/mol. The molecule has 2 nitrogen and oxygen atoms in total. The summed E-state index contributed by atoms with van der Waals surface area (Å²) in [5.74, 6) is 0. The second-order valence-corrected chi connectivity index (χ2v) is 4.57. The number of nitrogens with one attached hydrogen (secondary N) is 2. The Morgan fingerprint density at radius 2 is 2.13 bits per heavy atom. The summed E-state index contributed by atoms with van der Waals surface area (Å²) < 4.78 is 0. The summed E-state index contributed by atoms with van der Waals surface area (Å²) in [6.45, 7) is 4.41. The van der Waals surface area contributed by atoms with Crippen LogP contribution in [0.1, 0.15) is 24.9 Å². The SMILES string of the molecule is C[C@H](NC1CCNC1)c1ccc(Cl)cc1. The molecule has 1 aliphatic rings. The smallest absolute Gasteiger partial charge is 0.0406 e. The minimum Gasteiger partial charge on any atom is -0.315 e. The molecule has 0 aromatic heterocycles. The average Bonchev–Trinajstić information content (AvgIpc) is 2.71. The van der Waals surface area contributed by atoms with Crippen molar-refractivity contribution in [2.24, 2.45) is 0 Å². The molecule has 2 atom stereocenters. The summed E-state index contributed by atoms with van der Waals surface area (Å²) in [6.07, 6.45) is 1.22. The van der Waals surface area contributed by atoms with E-state index >= 15 is 0 Å². The molecule has 1 heterocycles. The van der Waals surface area contributed by atoms with Crippen LogP contribution < -0.4 is 10.6 Å². The lowest BCUT2D eigenvalue weighted by atomic mass is 10.1. The third-order valence-electron chi connectivity index (χ3n) is 2.92. The molecule has 0 aliphatic carbocycles. The maximum absolute atomic E-state index is 5.86. The van der Waals surface area contributed by atoms with Gasteiger partial charge in [0.1, 0.15) is 0 Å². The Labute approximate surface area is 96.0 Å². The number of hydrogen-bond donors (Lipinski definition) is 2. The highest BCUT2D eigenvalue weighted by Gasteiger charge is 2.16. The van der Waals surface area contributed by atoms with Gasteiger partial charge in [0.2, 0.25) is 0 Å². The summed E-state index contributed by atoms with van der Waals surface area (Å²) in [7, 11) is 0. The minimum atomic E-state index is 0.396. The van der Waals surface area contributed by atoms with Crippen LogP contribution in [0.15, 0.2) is 24.3 Å². The Kier molecular flexibility index (Phi) is 3.62. The van der Waals surface area contributed by atoms with Crippen molar-refractivity contribution in [3.63, 3.8) is 0 Å². The quantitative estimate of drug-likeness (QED) is 0.824. The van der Waals surface area contributed by atoms with Crippen LogP contribution in [0.25, 0.3) is 0 Å². The van der Waals surface area contributed by atoms with Crippen molar-refractivity contribution in [2.45, 2.75) is 25.4 Å². The fraction of sp³-hybridized carbons (Fsp3) is 0.500. The maximum atomic E-state index is 5.86. The van der Waals surface area contributed by atoms with Crippen molar-refractivity contribution >= 4 is 11.6 Å². The fourth-order valence-corrected chi connectivity index (χ4v) is 2.12. The Morgan fingerprint density at radius 3 is 2.73 bits per heavy atom. The van der Waals surface area contributed by atoms with E-state index < -0.39 is 0 Å². The van der Waals surface area contributed by atoms with Gasteiger partial charge in [0.15, 0.2) is 0 Å². The number of benzene rings is 1. The van der Waals surface area contributed by atoms with Crippen molar-refractivity contribution in [1.82, 2.24) is 10.6 Å². The summed E-state index contributed by atoms with van der Waals surface area (Å²) in [6, 6.07) is 9.07. The second-order valence-electron chi connectivity index (χ2n) is 4.13. The highest BCUT2D eigenvalue weighted by molar-refractivity contribution is 6.30. The van der Waals surface area contributed by atoms with E-state index in [1.807, 2.05) is 12.1 Å². The van der Waals surface area contributed by atoms with Gasteiger partial charge in [-0.3, -0.25) is 0 Å². The van der Waals surface area contributed by atoms with Gasteiger partial charge in [0.05, 0.1) is 0 Å². The van der Waals surface area contributed by atoms with E-state index in [9.17, 15) is 0 Å². The summed E-state index contributed by atoms with van der Waals surface area (Å²) in [5, 5.41) is 7.76. The molecule has 1 fully saturated rings. The summed E-state index contributed by atoms with van der Waals surface area (Å²) in [5.41, 5.74) is 1.30. The first-order valence-corrected chi connectivity index (χ1v) is 5.86. The number of hydrogen-bond acceptors (Lipinski definition) is 2. The molecule has 1 aliphatic heterocycles. The van der Waals surface area contributed by atoms with Crippen LogP contribution in [0.5, 0.6) is 0 Å². The van der Waals surface area contributed by atoms with E-state index in [-0.39, 0.29) is 0 Å². The molecule has 0 radical (unpaired) electrons. The van der Waals surface area contributed by atoms with Crippen LogP contribution in [0.3, 0.4) is 0 Å². The van der Waals surface area contributed by atoms with E-state index in [0.29, 0.717) is 12.1 Å². The third-order valence-corrected chi connectivity index (χ3v) is 3.17. The van der Waals surface area contributed by atoms with Gasteiger partial charge in [0, 0.05) is 23.7 Å². The van der Waals surface area contributed by atoms with Gasteiger partial charge in [-0.2, -0.15) is 0 Å². The van der Waals surface area contributed by atoms with Gasteiger partial charge < -0.3 is 10.6 Å². The molecule has 0 amide bonds. The topological polar surface area (TPSA) is 24.1 Å². The molecule has 1 aromatic rings. The van der Waals surface area contributed by atoms with Crippen LogP contribution in [0.2, 0.25) is 5.02 Å². The zero-order valence-corrected chi connectivity index (χ0v) is 9.72. The van der Waals surface area contributed by atoms with Crippen LogP contribution in [-0.4, -0.2) is 19.1 Å². The van der Waals surface area contributed by atoms with E-state index in [4.69, 9.17) is 11.6 Å². The molecular formula is C12H17ClN2. The standard InChI is InChI=1S/C12H17ClN2/c1-9(15-12-6-7-14-8-12)10-2-4-11(13)5-3-10/h2-5,9,12,14-15H,6-8H2,1H3/t9-,12?/m0/s1. The lowest BCUT2D eigenvalue weighted by molar-refractivity contribution is 0.478. The van der Waals surface area contributed by atoms with E-state index in [0.717, 1.165) is 18.1 Å². The highest BCUT2D eigenvalue weighted by Crippen LogP contribution is 2.17. The van der Waals surface area contributed by atoms with Crippen LogP contribution >= 0.6 is 11.6 Å². The van der Waals surface area contributed by atoms with Gasteiger partial charge in [-0.05, 0) is 37.6 Å². The molecule has 82 valence electrons. The van der Waals surface area contributed by atoms with Crippen molar-refractivity contribution in [2.75, 3.05) is 13.1 Å². The molecule has 0 spiro atoms. The van der Waals surface area contributed by atoms with Crippen molar-refractivity contribution < 1.29 is 0 Å². The molecule has 1 unspecified atom stereocenters. The summed E-state index contributed by atoms with van der Waals surface area (Å²) in [4.78, 5) is 0. The largest absolute Gasteiger partial charge is 0.315 e. The fourth-order valence-electron chi connectivity index (χ4n) is 2.00. The van der Waals surface area contributed by atoms with Gasteiger partial charge >= 0.3 is 0 Å². The van der Waals surface area contributed by atoms with E-state index in [2.05, 4.69) is 29.7 Å². The van der Waals surface area contributed by atoms with Gasteiger partial charge in [0.25, 0.3) is 0 Å². The maximum Gasteiger partial charge on any atom is 0.0406 e. The lowest BCUT2D eigenvalue weighted by Crippen LogP contribution is -2.33. The first-order chi connectivity index (χ1) is 7.25. The molecule has 2 N–H and O–H groups in total.